The summed E-state index contributed by atoms with van der Waals surface area (Å²) in [7, 11) is 0. The highest BCUT2D eigenvalue weighted by Crippen LogP contribution is 2.30. The fraction of sp³-hybridized carbons (Fsp3) is 0.500. The van der Waals surface area contributed by atoms with Crippen LogP contribution in [0.3, 0.4) is 0 Å². The zero-order valence-corrected chi connectivity index (χ0v) is 11.7. The van der Waals surface area contributed by atoms with E-state index in [9.17, 15) is 26.7 Å². The Morgan fingerprint density at radius 3 is 2.59 bits per heavy atom. The Balaban J connectivity index is 2.00. The number of hydrogen-bond acceptors (Lipinski definition) is 2. The lowest BCUT2D eigenvalue weighted by Gasteiger charge is -2.13. The maximum atomic E-state index is 13.0. The van der Waals surface area contributed by atoms with Gasteiger partial charge < -0.3 is 5.32 Å². The van der Waals surface area contributed by atoms with Crippen molar-refractivity contribution in [1.29, 1.82) is 0 Å². The van der Waals surface area contributed by atoms with Crippen LogP contribution >= 0.6 is 0 Å². The second-order valence-corrected chi connectivity index (χ2v) is 5.42. The summed E-state index contributed by atoms with van der Waals surface area (Å²) >= 11 is 0. The highest BCUT2D eigenvalue weighted by molar-refractivity contribution is 5.82. The molecule has 1 aliphatic rings. The zero-order valence-electron chi connectivity index (χ0n) is 11.7. The fourth-order valence-corrected chi connectivity index (χ4v) is 2.34. The van der Waals surface area contributed by atoms with Gasteiger partial charge in [-0.15, -0.1) is 0 Å². The molecule has 0 spiro atoms. The van der Waals surface area contributed by atoms with Crippen molar-refractivity contribution in [2.24, 2.45) is 0 Å². The van der Waals surface area contributed by atoms with Gasteiger partial charge in [0.2, 0.25) is 5.91 Å². The van der Waals surface area contributed by atoms with Gasteiger partial charge in [0.05, 0.1) is 18.2 Å². The summed E-state index contributed by atoms with van der Waals surface area (Å²) < 4.78 is 64.1. The molecule has 1 amide bonds. The quantitative estimate of drug-likeness (QED) is 0.840. The normalized spacial score (nSPS) is 20.9. The number of alkyl halides is 5. The predicted octanol–water partition coefficient (Wildman–Crippen LogP) is 2.63. The molecule has 0 saturated carbocycles. The van der Waals surface area contributed by atoms with Crippen molar-refractivity contribution in [2.45, 2.75) is 38.0 Å². The van der Waals surface area contributed by atoms with Crippen LogP contribution in [0.15, 0.2) is 18.2 Å². The molecule has 0 radical (unpaired) electrons. The first-order valence-electron chi connectivity index (χ1n) is 6.63. The lowest BCUT2D eigenvalue weighted by molar-refractivity contribution is -0.137. The first kappa shape index (κ1) is 16.7. The summed E-state index contributed by atoms with van der Waals surface area (Å²) in [5, 5.41) is 4.77. The van der Waals surface area contributed by atoms with E-state index < -0.39 is 42.6 Å². The molecular formula is C14H15F5N2O. The Kier molecular flexibility index (Phi) is 4.42. The molecular weight excluding hydrogens is 307 g/mol. The molecule has 122 valence electrons. The number of rotatable bonds is 3. The number of halogens is 5. The first-order valence-corrected chi connectivity index (χ1v) is 6.63. The number of amides is 1. The van der Waals surface area contributed by atoms with E-state index in [1.54, 1.807) is 0 Å². The lowest BCUT2D eigenvalue weighted by atomic mass is 10.1. The summed E-state index contributed by atoms with van der Waals surface area (Å²) in [6.07, 6.45) is -5.08. The summed E-state index contributed by atoms with van der Waals surface area (Å²) in [5.41, 5.74) is -0.127. The smallest absolute Gasteiger partial charge is 0.351 e. The molecule has 0 bridgehead atoms. The van der Waals surface area contributed by atoms with Gasteiger partial charge in [0.15, 0.2) is 0 Å². The summed E-state index contributed by atoms with van der Waals surface area (Å²) in [5.74, 6) is -3.58. The molecule has 1 atom stereocenters. The van der Waals surface area contributed by atoms with Crippen molar-refractivity contribution in [3.8, 4) is 0 Å². The number of carbonyl (C=O) groups is 1. The van der Waals surface area contributed by atoms with Crippen molar-refractivity contribution < 1.29 is 26.7 Å². The van der Waals surface area contributed by atoms with E-state index in [4.69, 9.17) is 0 Å². The number of hydrogen-bond donors (Lipinski definition) is 2. The van der Waals surface area contributed by atoms with Gasteiger partial charge >= 0.3 is 6.18 Å². The van der Waals surface area contributed by atoms with Crippen LogP contribution in [0.25, 0.3) is 0 Å². The lowest BCUT2D eigenvalue weighted by Crippen LogP contribution is -2.40. The third kappa shape index (κ3) is 4.16. The van der Waals surface area contributed by atoms with E-state index >= 15 is 0 Å². The average molecular weight is 322 g/mol. The van der Waals surface area contributed by atoms with Crippen molar-refractivity contribution in [3.63, 3.8) is 0 Å². The van der Waals surface area contributed by atoms with E-state index in [0.29, 0.717) is 5.56 Å². The van der Waals surface area contributed by atoms with Crippen LogP contribution in [-0.2, 0) is 17.5 Å². The molecule has 0 unspecified atom stereocenters. The Hall–Kier alpha value is -1.70. The molecule has 1 aromatic rings. The third-order valence-electron chi connectivity index (χ3n) is 3.36. The van der Waals surface area contributed by atoms with Crippen LogP contribution in [0.2, 0.25) is 0 Å². The Morgan fingerprint density at radius 1 is 1.36 bits per heavy atom. The van der Waals surface area contributed by atoms with Gasteiger partial charge in [0.1, 0.15) is 0 Å². The largest absolute Gasteiger partial charge is 0.416 e. The van der Waals surface area contributed by atoms with Crippen molar-refractivity contribution in [2.75, 3.05) is 6.54 Å². The Morgan fingerprint density at radius 2 is 2.05 bits per heavy atom. The molecule has 1 aromatic carbocycles. The predicted molar refractivity (Wildman–Crippen MR) is 69.4 cm³/mol. The highest BCUT2D eigenvalue weighted by Gasteiger charge is 2.42. The SMILES string of the molecule is Cc1cc(CNC(=O)[C@@H]2CC(F)(F)CN2)cc(C(F)(F)F)c1. The molecule has 1 fully saturated rings. The van der Waals surface area contributed by atoms with Crippen LogP contribution in [0, 0.1) is 6.92 Å². The average Bonchev–Trinajstić information content (AvgIpc) is 2.75. The van der Waals surface area contributed by atoms with E-state index in [0.717, 1.165) is 12.1 Å². The van der Waals surface area contributed by atoms with Crippen LogP contribution in [-0.4, -0.2) is 24.4 Å². The van der Waals surface area contributed by atoms with E-state index in [1.807, 2.05) is 0 Å². The van der Waals surface area contributed by atoms with Gasteiger partial charge in [0, 0.05) is 13.0 Å². The zero-order chi connectivity index (χ0) is 16.5. The van der Waals surface area contributed by atoms with Crippen LogP contribution in [0.5, 0.6) is 0 Å². The molecule has 2 rings (SSSR count). The number of aryl methyl sites for hydroxylation is 1. The molecule has 2 N–H and O–H groups in total. The maximum absolute atomic E-state index is 13.0. The van der Waals surface area contributed by atoms with Crippen molar-refractivity contribution in [3.05, 3.63) is 34.9 Å². The first-order chi connectivity index (χ1) is 10.1. The number of nitrogens with one attached hydrogen (secondary N) is 2. The van der Waals surface area contributed by atoms with E-state index in [1.165, 1.54) is 13.0 Å². The number of carbonyl (C=O) groups excluding carboxylic acids is 1. The minimum atomic E-state index is -4.47. The molecule has 1 saturated heterocycles. The second kappa shape index (κ2) is 5.83. The minimum Gasteiger partial charge on any atom is -0.351 e. The molecule has 3 nitrogen and oxygen atoms in total. The fourth-order valence-electron chi connectivity index (χ4n) is 2.34. The molecule has 22 heavy (non-hydrogen) atoms. The topological polar surface area (TPSA) is 41.1 Å². The summed E-state index contributed by atoms with van der Waals surface area (Å²) in [6.45, 7) is 0.792. The van der Waals surface area contributed by atoms with Crippen LogP contribution in [0.1, 0.15) is 23.1 Å². The van der Waals surface area contributed by atoms with Gasteiger partial charge in [-0.1, -0.05) is 11.6 Å². The number of benzene rings is 1. The van der Waals surface area contributed by atoms with E-state index in [-0.39, 0.29) is 12.1 Å². The highest BCUT2D eigenvalue weighted by atomic mass is 19.4. The molecule has 0 aliphatic carbocycles. The summed E-state index contributed by atoms with van der Waals surface area (Å²) in [6, 6.07) is 2.42. The molecule has 1 aliphatic heterocycles. The minimum absolute atomic E-state index is 0.145. The summed E-state index contributed by atoms with van der Waals surface area (Å²) in [4.78, 5) is 11.7. The molecule has 1 heterocycles. The van der Waals surface area contributed by atoms with E-state index in [2.05, 4.69) is 10.6 Å². The third-order valence-corrected chi connectivity index (χ3v) is 3.36. The molecule has 8 heteroatoms. The molecule has 0 aromatic heterocycles. The van der Waals surface area contributed by atoms with Crippen molar-refractivity contribution >= 4 is 5.91 Å². The van der Waals surface area contributed by atoms with Gasteiger partial charge in [-0.25, -0.2) is 8.78 Å². The van der Waals surface area contributed by atoms with Gasteiger partial charge in [0.25, 0.3) is 5.92 Å². The van der Waals surface area contributed by atoms with Crippen LogP contribution < -0.4 is 10.6 Å². The van der Waals surface area contributed by atoms with Crippen molar-refractivity contribution in [1.82, 2.24) is 10.6 Å². The standard InChI is InChI=1S/C14H15F5N2O/c1-8-2-9(4-10(3-8)14(17,18)19)6-20-12(22)11-5-13(15,16)7-21-11/h2-4,11,21H,5-7H2,1H3,(H,20,22)/t11-/m0/s1. The second-order valence-electron chi connectivity index (χ2n) is 5.42. The Bertz CT molecular complexity index is 571. The van der Waals surface area contributed by atoms with Gasteiger partial charge in [-0.05, 0) is 24.6 Å². The monoisotopic (exact) mass is 322 g/mol. The van der Waals surface area contributed by atoms with Crippen LogP contribution in [0.4, 0.5) is 22.0 Å². The van der Waals surface area contributed by atoms with Gasteiger partial charge in [-0.3, -0.25) is 10.1 Å². The van der Waals surface area contributed by atoms with Gasteiger partial charge in [-0.2, -0.15) is 13.2 Å². The maximum Gasteiger partial charge on any atom is 0.416 e. The Labute approximate surface area is 123 Å².